The second kappa shape index (κ2) is 6.32. The first-order valence-electron chi connectivity index (χ1n) is 6.15. The van der Waals surface area contributed by atoms with Gasteiger partial charge in [0.15, 0.2) is 0 Å². The predicted octanol–water partition coefficient (Wildman–Crippen LogP) is 1.60. The summed E-state index contributed by atoms with van der Waals surface area (Å²) in [6, 6.07) is 4.45. The van der Waals surface area contributed by atoms with Gasteiger partial charge in [-0.15, -0.1) is 0 Å². The Morgan fingerprint density at radius 1 is 1.53 bits per heavy atom. The molecule has 0 aliphatic carbocycles. The van der Waals surface area contributed by atoms with Gasteiger partial charge in [-0.05, 0) is 30.5 Å². The highest BCUT2D eigenvalue weighted by molar-refractivity contribution is 6.30. The summed E-state index contributed by atoms with van der Waals surface area (Å²) in [5.41, 5.74) is 6.34. The molecule has 19 heavy (non-hydrogen) atoms. The van der Waals surface area contributed by atoms with Crippen LogP contribution in [0.15, 0.2) is 18.2 Å². The molecule has 2 rings (SSSR count). The van der Waals surface area contributed by atoms with Gasteiger partial charge in [0.2, 0.25) is 5.91 Å². The Hall–Kier alpha value is -1.17. The van der Waals surface area contributed by atoms with Gasteiger partial charge in [0, 0.05) is 12.6 Å². The number of halogens is 2. The Balaban J connectivity index is 1.84. The highest BCUT2D eigenvalue weighted by Gasteiger charge is 2.24. The molecule has 1 aromatic carbocycles. The summed E-state index contributed by atoms with van der Waals surface area (Å²) < 4.78 is 18.6. The number of carbonyl (C=O) groups is 1. The van der Waals surface area contributed by atoms with E-state index in [0.717, 1.165) is 6.42 Å². The summed E-state index contributed by atoms with van der Waals surface area (Å²) in [7, 11) is 0. The molecule has 104 valence electrons. The van der Waals surface area contributed by atoms with E-state index in [1.54, 1.807) is 6.07 Å². The molecule has 0 spiro atoms. The number of hydrogen-bond donors (Lipinski definition) is 2. The number of amides is 1. The van der Waals surface area contributed by atoms with Crippen molar-refractivity contribution < 1.29 is 13.9 Å². The summed E-state index contributed by atoms with van der Waals surface area (Å²) >= 11 is 5.58. The summed E-state index contributed by atoms with van der Waals surface area (Å²) in [4.78, 5) is 11.8. The normalized spacial score (nSPS) is 23.1. The van der Waals surface area contributed by atoms with Crippen molar-refractivity contribution in [2.45, 2.75) is 31.5 Å². The highest BCUT2D eigenvalue weighted by atomic mass is 35.5. The zero-order valence-electron chi connectivity index (χ0n) is 10.4. The van der Waals surface area contributed by atoms with Crippen molar-refractivity contribution in [3.05, 3.63) is 34.6 Å². The van der Waals surface area contributed by atoms with E-state index in [1.165, 1.54) is 12.1 Å². The maximum atomic E-state index is 13.2. The SMILES string of the molecule is N[C@@H]1CC[C@@H](C(=O)NCc2ccc(Cl)c(F)c2)OC1. The van der Waals surface area contributed by atoms with E-state index in [9.17, 15) is 9.18 Å². The van der Waals surface area contributed by atoms with Crippen molar-refractivity contribution in [1.82, 2.24) is 5.32 Å². The Morgan fingerprint density at radius 2 is 2.32 bits per heavy atom. The smallest absolute Gasteiger partial charge is 0.249 e. The van der Waals surface area contributed by atoms with Crippen LogP contribution in [0.4, 0.5) is 4.39 Å². The van der Waals surface area contributed by atoms with Crippen LogP contribution in [0, 0.1) is 5.82 Å². The standard InChI is InChI=1S/C13H16ClFN2O2/c14-10-3-1-8(5-11(10)15)6-17-13(18)12-4-2-9(16)7-19-12/h1,3,5,9,12H,2,4,6-7,16H2,(H,17,18)/t9-,12+/m1/s1. The molecule has 4 nitrogen and oxygen atoms in total. The van der Waals surface area contributed by atoms with Crippen molar-refractivity contribution in [3.63, 3.8) is 0 Å². The number of ether oxygens (including phenoxy) is 1. The molecule has 1 amide bonds. The fourth-order valence-electron chi connectivity index (χ4n) is 1.93. The van der Waals surface area contributed by atoms with E-state index < -0.39 is 11.9 Å². The molecule has 1 saturated heterocycles. The van der Waals surface area contributed by atoms with E-state index >= 15 is 0 Å². The third-order valence-electron chi connectivity index (χ3n) is 3.05. The molecule has 0 saturated carbocycles. The van der Waals surface area contributed by atoms with Crippen LogP contribution in [0.3, 0.4) is 0 Å². The van der Waals surface area contributed by atoms with Gasteiger partial charge in [0.25, 0.3) is 0 Å². The van der Waals surface area contributed by atoms with Crippen LogP contribution >= 0.6 is 11.6 Å². The zero-order chi connectivity index (χ0) is 13.8. The monoisotopic (exact) mass is 286 g/mol. The number of carbonyl (C=O) groups excluding carboxylic acids is 1. The minimum atomic E-state index is -0.492. The fraction of sp³-hybridized carbons (Fsp3) is 0.462. The van der Waals surface area contributed by atoms with Gasteiger partial charge in [-0.2, -0.15) is 0 Å². The Labute approximate surface area is 116 Å². The summed E-state index contributed by atoms with van der Waals surface area (Å²) in [5.74, 6) is -0.685. The topological polar surface area (TPSA) is 64.4 Å². The van der Waals surface area contributed by atoms with E-state index in [2.05, 4.69) is 5.32 Å². The van der Waals surface area contributed by atoms with Crippen LogP contribution < -0.4 is 11.1 Å². The second-order valence-corrected chi connectivity index (χ2v) is 5.03. The van der Waals surface area contributed by atoms with Crippen molar-refractivity contribution >= 4 is 17.5 Å². The van der Waals surface area contributed by atoms with Gasteiger partial charge in [0.05, 0.1) is 11.6 Å². The highest BCUT2D eigenvalue weighted by Crippen LogP contribution is 2.16. The minimum absolute atomic E-state index is 0.00871. The molecule has 0 radical (unpaired) electrons. The molecule has 1 aliphatic heterocycles. The van der Waals surface area contributed by atoms with Crippen molar-refractivity contribution in [3.8, 4) is 0 Å². The average molecular weight is 287 g/mol. The Kier molecular flexibility index (Phi) is 4.74. The van der Waals surface area contributed by atoms with Crippen molar-refractivity contribution in [2.75, 3.05) is 6.61 Å². The van der Waals surface area contributed by atoms with E-state index in [4.69, 9.17) is 22.1 Å². The van der Waals surface area contributed by atoms with Gasteiger partial charge in [-0.25, -0.2) is 4.39 Å². The molecular formula is C13H16ClFN2O2. The average Bonchev–Trinajstić information content (AvgIpc) is 2.40. The number of benzene rings is 1. The maximum Gasteiger partial charge on any atom is 0.249 e. The molecule has 0 unspecified atom stereocenters. The first kappa shape index (κ1) is 14.2. The number of rotatable bonds is 3. The number of hydrogen-bond acceptors (Lipinski definition) is 3. The first-order valence-corrected chi connectivity index (χ1v) is 6.53. The third kappa shape index (κ3) is 3.89. The lowest BCUT2D eigenvalue weighted by atomic mass is 10.1. The van der Waals surface area contributed by atoms with Gasteiger partial charge in [0.1, 0.15) is 11.9 Å². The molecular weight excluding hydrogens is 271 g/mol. The first-order chi connectivity index (χ1) is 9.06. The molecule has 2 atom stereocenters. The van der Waals surface area contributed by atoms with Gasteiger partial charge in [-0.3, -0.25) is 4.79 Å². The fourth-order valence-corrected chi connectivity index (χ4v) is 2.05. The van der Waals surface area contributed by atoms with Gasteiger partial charge >= 0.3 is 0 Å². The summed E-state index contributed by atoms with van der Waals surface area (Å²) in [5, 5.41) is 2.78. The lowest BCUT2D eigenvalue weighted by Gasteiger charge is -2.25. The quantitative estimate of drug-likeness (QED) is 0.887. The minimum Gasteiger partial charge on any atom is -0.367 e. The summed E-state index contributed by atoms with van der Waals surface area (Å²) in [6.07, 6.45) is 0.923. The Morgan fingerprint density at radius 3 is 2.95 bits per heavy atom. The Bertz CT molecular complexity index is 462. The van der Waals surface area contributed by atoms with E-state index in [0.29, 0.717) is 18.6 Å². The van der Waals surface area contributed by atoms with Crippen molar-refractivity contribution in [1.29, 1.82) is 0 Å². The molecule has 1 fully saturated rings. The predicted molar refractivity (Wildman–Crippen MR) is 70.2 cm³/mol. The molecule has 1 aromatic rings. The number of nitrogens with one attached hydrogen (secondary N) is 1. The molecule has 1 heterocycles. The zero-order valence-corrected chi connectivity index (χ0v) is 11.1. The number of nitrogens with two attached hydrogens (primary N) is 1. The van der Waals surface area contributed by atoms with Crippen molar-refractivity contribution in [2.24, 2.45) is 5.73 Å². The molecule has 0 aromatic heterocycles. The van der Waals surface area contributed by atoms with Gasteiger partial charge in [-0.1, -0.05) is 17.7 Å². The van der Waals surface area contributed by atoms with Crippen LogP contribution in [-0.4, -0.2) is 24.7 Å². The van der Waals surface area contributed by atoms with Gasteiger partial charge < -0.3 is 15.8 Å². The molecule has 6 heteroatoms. The molecule has 0 bridgehead atoms. The third-order valence-corrected chi connectivity index (χ3v) is 3.36. The molecule has 3 N–H and O–H groups in total. The van der Waals surface area contributed by atoms with E-state index in [-0.39, 0.29) is 23.5 Å². The summed E-state index contributed by atoms with van der Waals surface area (Å²) in [6.45, 7) is 0.645. The van der Waals surface area contributed by atoms with Crippen LogP contribution in [0.2, 0.25) is 5.02 Å². The van der Waals surface area contributed by atoms with E-state index in [1.807, 2.05) is 0 Å². The van der Waals surface area contributed by atoms with Crippen LogP contribution in [-0.2, 0) is 16.1 Å². The van der Waals surface area contributed by atoms with Crippen LogP contribution in [0.1, 0.15) is 18.4 Å². The lowest BCUT2D eigenvalue weighted by Crippen LogP contribution is -2.43. The van der Waals surface area contributed by atoms with Crippen LogP contribution in [0.5, 0.6) is 0 Å². The largest absolute Gasteiger partial charge is 0.367 e. The lowest BCUT2D eigenvalue weighted by molar-refractivity contribution is -0.136. The van der Waals surface area contributed by atoms with Crippen LogP contribution in [0.25, 0.3) is 0 Å². The second-order valence-electron chi connectivity index (χ2n) is 4.63. The molecule has 1 aliphatic rings. The maximum absolute atomic E-state index is 13.2.